The Balaban J connectivity index is 1.45. The molecule has 0 saturated carbocycles. The van der Waals surface area contributed by atoms with Gasteiger partial charge in [0.2, 0.25) is 6.79 Å². The molecule has 41 heavy (non-hydrogen) atoms. The first-order chi connectivity index (χ1) is 19.8. The number of barbiturate groups is 1. The van der Waals surface area contributed by atoms with E-state index in [1.807, 2.05) is 0 Å². The average molecular weight is 557 g/mol. The van der Waals surface area contributed by atoms with Crippen molar-refractivity contribution < 1.29 is 43.2 Å². The summed E-state index contributed by atoms with van der Waals surface area (Å²) in [5.74, 6) is -1.06. The minimum Gasteiger partial charge on any atom is -0.493 e. The predicted molar refractivity (Wildman–Crippen MR) is 146 cm³/mol. The van der Waals surface area contributed by atoms with Crippen molar-refractivity contribution in [1.82, 2.24) is 5.32 Å². The molecule has 5 rings (SSSR count). The van der Waals surface area contributed by atoms with Crippen LogP contribution in [0.5, 0.6) is 23.0 Å². The van der Waals surface area contributed by atoms with Crippen molar-refractivity contribution >= 4 is 35.6 Å². The predicted octanol–water partition coefficient (Wildman–Crippen LogP) is 4.10. The maximum Gasteiger partial charge on any atom is 0.335 e. The van der Waals surface area contributed by atoms with Gasteiger partial charge in [-0.3, -0.25) is 14.9 Å². The molecule has 2 heterocycles. The third-order valence-corrected chi connectivity index (χ3v) is 6.35. The van der Waals surface area contributed by atoms with Crippen LogP contribution in [-0.2, 0) is 22.6 Å². The Morgan fingerprint density at radius 2 is 1.83 bits per heavy atom. The van der Waals surface area contributed by atoms with Gasteiger partial charge in [0, 0.05) is 11.6 Å². The number of hydrogen-bond acceptors (Lipinski definition) is 8. The van der Waals surface area contributed by atoms with Gasteiger partial charge < -0.3 is 24.1 Å². The second-order valence-corrected chi connectivity index (χ2v) is 8.99. The third kappa shape index (κ3) is 5.46. The maximum absolute atomic E-state index is 13.4. The summed E-state index contributed by atoms with van der Waals surface area (Å²) in [6.07, 6.45) is 3.41. The van der Waals surface area contributed by atoms with Crippen molar-refractivity contribution in [3.05, 3.63) is 95.1 Å². The first-order valence-electron chi connectivity index (χ1n) is 12.4. The van der Waals surface area contributed by atoms with Crippen LogP contribution in [-0.4, -0.2) is 42.8 Å². The Morgan fingerprint density at radius 1 is 1.07 bits per heavy atom. The zero-order valence-corrected chi connectivity index (χ0v) is 21.8. The lowest BCUT2D eigenvalue weighted by atomic mass is 10.0. The Hall–Kier alpha value is -5.58. The number of nitrogens with one attached hydrogen (secondary N) is 1. The van der Waals surface area contributed by atoms with Gasteiger partial charge in [-0.25, -0.2) is 14.5 Å². The van der Waals surface area contributed by atoms with E-state index in [2.05, 4.69) is 11.9 Å². The molecule has 1 fully saturated rings. The first-order valence-corrected chi connectivity index (χ1v) is 12.4. The number of urea groups is 1. The average Bonchev–Trinajstić information content (AvgIpc) is 3.43. The van der Waals surface area contributed by atoms with Crippen LogP contribution in [0.3, 0.4) is 0 Å². The van der Waals surface area contributed by atoms with E-state index < -0.39 is 23.8 Å². The fourth-order valence-corrected chi connectivity index (χ4v) is 4.37. The number of carbonyl (C=O) groups is 4. The molecule has 4 amide bonds. The fourth-order valence-electron chi connectivity index (χ4n) is 4.37. The summed E-state index contributed by atoms with van der Waals surface area (Å²) in [6.45, 7) is 3.95. The number of benzene rings is 3. The van der Waals surface area contributed by atoms with Crippen LogP contribution in [0.1, 0.15) is 27.0 Å². The van der Waals surface area contributed by atoms with Crippen molar-refractivity contribution in [3.63, 3.8) is 0 Å². The minimum absolute atomic E-state index is 0.0220. The van der Waals surface area contributed by atoms with Gasteiger partial charge in [0.1, 0.15) is 12.2 Å². The number of carboxylic acids is 1. The molecule has 0 aromatic heterocycles. The van der Waals surface area contributed by atoms with E-state index in [1.165, 1.54) is 37.5 Å². The number of allylic oxidation sites excluding steroid dienone is 1. The summed E-state index contributed by atoms with van der Waals surface area (Å²) < 4.78 is 22.2. The Kier molecular flexibility index (Phi) is 7.42. The molecule has 0 bridgehead atoms. The van der Waals surface area contributed by atoms with E-state index in [1.54, 1.807) is 36.4 Å². The summed E-state index contributed by atoms with van der Waals surface area (Å²) in [5.41, 5.74) is 1.97. The lowest BCUT2D eigenvalue weighted by Gasteiger charge is -2.26. The molecular weight excluding hydrogens is 532 g/mol. The van der Waals surface area contributed by atoms with E-state index in [4.69, 9.17) is 24.1 Å². The molecule has 0 aliphatic carbocycles. The third-order valence-electron chi connectivity index (χ3n) is 6.35. The van der Waals surface area contributed by atoms with Crippen LogP contribution in [0.2, 0.25) is 0 Å². The zero-order valence-electron chi connectivity index (χ0n) is 21.8. The van der Waals surface area contributed by atoms with Crippen molar-refractivity contribution in [2.75, 3.05) is 18.8 Å². The van der Waals surface area contributed by atoms with Crippen LogP contribution in [0.15, 0.2) is 72.8 Å². The second kappa shape index (κ2) is 11.3. The highest BCUT2D eigenvalue weighted by Gasteiger charge is 2.37. The summed E-state index contributed by atoms with van der Waals surface area (Å²) in [4.78, 5) is 50.7. The Morgan fingerprint density at radius 3 is 2.54 bits per heavy atom. The number of anilines is 1. The highest BCUT2D eigenvalue weighted by Crippen LogP contribution is 2.37. The molecule has 11 heteroatoms. The van der Waals surface area contributed by atoms with Gasteiger partial charge in [-0.15, -0.1) is 6.58 Å². The number of aromatic carboxylic acids is 1. The van der Waals surface area contributed by atoms with Crippen LogP contribution in [0.25, 0.3) is 6.08 Å². The van der Waals surface area contributed by atoms with Crippen LogP contribution < -0.4 is 29.2 Å². The normalized spacial score (nSPS) is 15.1. The largest absolute Gasteiger partial charge is 0.493 e. The van der Waals surface area contributed by atoms with Gasteiger partial charge in [-0.05, 0) is 60.0 Å². The van der Waals surface area contributed by atoms with Gasteiger partial charge in [-0.1, -0.05) is 18.2 Å². The minimum atomic E-state index is -1.02. The molecular formula is C30H24N2O9. The molecule has 2 aliphatic rings. The molecule has 2 N–H and O–H groups in total. The number of imide groups is 2. The quantitative estimate of drug-likeness (QED) is 0.226. The topological polar surface area (TPSA) is 141 Å². The number of nitrogens with zero attached hydrogens (tertiary/aromatic N) is 1. The maximum atomic E-state index is 13.4. The van der Waals surface area contributed by atoms with E-state index in [0.29, 0.717) is 40.5 Å². The number of ether oxygens (including phenoxy) is 4. The molecule has 1 saturated heterocycles. The van der Waals surface area contributed by atoms with Crippen molar-refractivity contribution in [2.45, 2.75) is 13.0 Å². The smallest absolute Gasteiger partial charge is 0.335 e. The van der Waals surface area contributed by atoms with Gasteiger partial charge in [-0.2, -0.15) is 0 Å². The lowest BCUT2D eigenvalue weighted by Crippen LogP contribution is -2.54. The fraction of sp³-hybridized carbons (Fsp3) is 0.133. The summed E-state index contributed by atoms with van der Waals surface area (Å²) in [7, 11) is 1.46. The van der Waals surface area contributed by atoms with Gasteiger partial charge in [0.05, 0.1) is 18.4 Å². The number of hydrogen-bond donors (Lipinski definition) is 2. The molecule has 0 radical (unpaired) electrons. The van der Waals surface area contributed by atoms with E-state index in [9.17, 15) is 19.2 Å². The molecule has 0 atom stereocenters. The molecule has 2 aliphatic heterocycles. The molecule has 208 valence electrons. The molecule has 3 aromatic rings. The molecule has 0 spiro atoms. The highest BCUT2D eigenvalue weighted by molar-refractivity contribution is 6.39. The number of carbonyl (C=O) groups excluding carboxylic acids is 3. The molecule has 0 unspecified atom stereocenters. The zero-order chi connectivity index (χ0) is 29.1. The number of fused-ring (bicyclic) bond motifs is 1. The highest BCUT2D eigenvalue weighted by atomic mass is 16.7. The monoisotopic (exact) mass is 556 g/mol. The lowest BCUT2D eigenvalue weighted by molar-refractivity contribution is -0.122. The van der Waals surface area contributed by atoms with Crippen LogP contribution >= 0.6 is 0 Å². The van der Waals surface area contributed by atoms with E-state index >= 15 is 0 Å². The Labute approximate surface area is 234 Å². The van der Waals surface area contributed by atoms with Crippen molar-refractivity contribution in [2.24, 2.45) is 0 Å². The number of amides is 4. The summed E-state index contributed by atoms with van der Waals surface area (Å²) >= 11 is 0. The standard InChI is InChI=1S/C30H24N2O9/c1-3-4-20-11-18(13-25(38-2)26(20)39-15-17-5-7-19(8-6-17)29(35)36)12-22-27(33)31-30(37)32(28(22)34)21-9-10-23-24(14-21)41-16-40-23/h3,5-14H,1,4,15-16H2,2H3,(H,35,36)(H,31,33,37)/b22-12+. The summed E-state index contributed by atoms with van der Waals surface area (Å²) in [6, 6.07) is 13.3. The SMILES string of the molecule is C=CCc1cc(/C=C2\C(=O)NC(=O)N(c3ccc4c(c3)OCO4)C2=O)cc(OC)c1OCc1ccc(C(=O)O)cc1. The van der Waals surface area contributed by atoms with Gasteiger partial charge in [0.25, 0.3) is 11.8 Å². The van der Waals surface area contributed by atoms with Crippen LogP contribution in [0, 0.1) is 0 Å². The van der Waals surface area contributed by atoms with Gasteiger partial charge >= 0.3 is 12.0 Å². The number of methoxy groups -OCH3 is 1. The van der Waals surface area contributed by atoms with E-state index in [-0.39, 0.29) is 30.2 Å². The first kappa shape index (κ1) is 27.0. The van der Waals surface area contributed by atoms with Crippen molar-refractivity contribution in [1.29, 1.82) is 0 Å². The van der Waals surface area contributed by atoms with Gasteiger partial charge in [0.15, 0.2) is 23.0 Å². The number of carboxylic acid groups (broad SMARTS) is 1. The Bertz CT molecular complexity index is 1610. The van der Waals surface area contributed by atoms with E-state index in [0.717, 1.165) is 10.5 Å². The molecule has 3 aromatic carbocycles. The summed E-state index contributed by atoms with van der Waals surface area (Å²) in [5, 5.41) is 11.3. The van der Waals surface area contributed by atoms with Crippen molar-refractivity contribution in [3.8, 4) is 23.0 Å². The van der Waals surface area contributed by atoms with Crippen LogP contribution in [0.4, 0.5) is 10.5 Å². The second-order valence-electron chi connectivity index (χ2n) is 8.99. The molecule has 11 nitrogen and oxygen atoms in total. The number of rotatable bonds is 9.